The zero-order chi connectivity index (χ0) is 33.4. The monoisotopic (exact) mass is 655 g/mol. The Balaban J connectivity index is 1.17. The lowest BCUT2D eigenvalue weighted by Gasteiger charge is -2.23. The molecule has 50 heavy (non-hydrogen) atoms. The number of hydrogen-bond donors (Lipinski definition) is 0. The van der Waals surface area contributed by atoms with Crippen LogP contribution in [-0.4, -0.2) is 0 Å². The minimum absolute atomic E-state index is 0.135. The second-order valence-electron chi connectivity index (χ2n) is 14.3. The molecule has 1 heteroatoms. The van der Waals surface area contributed by atoms with E-state index in [1.165, 1.54) is 93.4 Å². The van der Waals surface area contributed by atoms with E-state index in [-0.39, 0.29) is 5.41 Å². The van der Waals surface area contributed by atoms with Crippen LogP contribution < -0.4 is 15.9 Å². The molecular weight excluding hydrogens is 620 g/mol. The van der Waals surface area contributed by atoms with Gasteiger partial charge in [0.25, 0.3) is 0 Å². The summed E-state index contributed by atoms with van der Waals surface area (Å²) in [4.78, 5) is 0. The van der Waals surface area contributed by atoms with Crippen molar-refractivity contribution in [2.24, 2.45) is 0 Å². The van der Waals surface area contributed by atoms with Gasteiger partial charge in [0.1, 0.15) is 15.9 Å². The molecule has 10 rings (SSSR count). The SMILES string of the molecule is CC1(C)c2cc([PH+](c3cccc(-c4ccccc4)c3)c3cccc(-c4ccccc4)c3)ccc2-c2c1cc1c3c(cccc23)-c2ccccc2-1. The number of hydrogen-bond acceptors (Lipinski definition) is 0. The van der Waals surface area contributed by atoms with E-state index in [4.69, 9.17) is 0 Å². The minimum Gasteiger partial charge on any atom is -0.0622 e. The summed E-state index contributed by atoms with van der Waals surface area (Å²) in [5.74, 6) is 0. The number of rotatable bonds is 5. The lowest BCUT2D eigenvalue weighted by Crippen LogP contribution is -2.23. The molecule has 0 unspecified atom stereocenters. The second-order valence-corrected chi connectivity index (χ2v) is 16.8. The van der Waals surface area contributed by atoms with Crippen LogP contribution in [0, 0.1) is 0 Å². The maximum Gasteiger partial charge on any atom is 0.103 e. The highest BCUT2D eigenvalue weighted by atomic mass is 31.1. The van der Waals surface area contributed by atoms with Crippen LogP contribution in [0.2, 0.25) is 0 Å². The first-order chi connectivity index (χ1) is 24.6. The van der Waals surface area contributed by atoms with Gasteiger partial charge in [0.2, 0.25) is 0 Å². The smallest absolute Gasteiger partial charge is 0.0622 e. The van der Waals surface area contributed by atoms with Crippen LogP contribution in [0.15, 0.2) is 176 Å². The molecule has 0 bridgehead atoms. The van der Waals surface area contributed by atoms with Gasteiger partial charge in [-0.3, -0.25) is 0 Å². The highest BCUT2D eigenvalue weighted by Crippen LogP contribution is 2.57. The quantitative estimate of drug-likeness (QED) is 0.162. The first-order valence-corrected chi connectivity index (χ1v) is 19.1. The molecule has 0 atom stereocenters. The first kappa shape index (κ1) is 29.4. The summed E-state index contributed by atoms with van der Waals surface area (Å²) in [5.41, 5.74) is 16.0. The standard InChI is InChI=1S/C49H35P/c1-49(2)45-30-38(26-27-42(45)48-43-25-13-24-41-39-22-9-10-23-40(39)44(47(41)43)31-46(48)49)50(36-20-11-18-34(28-36)32-14-5-3-6-15-32)37-21-12-19-35(29-37)33-16-7-4-8-17-33/h3-31H,1-2H3/p+1. The van der Waals surface area contributed by atoms with Crippen molar-refractivity contribution in [2.75, 3.05) is 0 Å². The molecule has 0 N–H and O–H groups in total. The molecule has 0 saturated carbocycles. The molecule has 0 spiro atoms. The zero-order valence-electron chi connectivity index (χ0n) is 28.2. The molecule has 0 fully saturated rings. The van der Waals surface area contributed by atoms with Crippen LogP contribution in [0.1, 0.15) is 25.0 Å². The van der Waals surface area contributed by atoms with Gasteiger partial charge in [-0.05, 0) is 120 Å². The molecule has 0 heterocycles. The van der Waals surface area contributed by atoms with Crippen LogP contribution in [0.25, 0.3) is 66.4 Å². The van der Waals surface area contributed by atoms with E-state index in [1.54, 1.807) is 0 Å². The maximum atomic E-state index is 2.57. The summed E-state index contributed by atoms with van der Waals surface area (Å²) >= 11 is 0. The molecule has 0 radical (unpaired) electrons. The summed E-state index contributed by atoms with van der Waals surface area (Å²) in [7, 11) is -1.38. The van der Waals surface area contributed by atoms with E-state index in [0.717, 1.165) is 0 Å². The van der Waals surface area contributed by atoms with Gasteiger partial charge in [-0.2, -0.15) is 0 Å². The van der Waals surface area contributed by atoms with E-state index >= 15 is 0 Å². The molecule has 2 aliphatic carbocycles. The predicted octanol–water partition coefficient (Wildman–Crippen LogP) is 11.6. The summed E-state index contributed by atoms with van der Waals surface area (Å²) in [6.07, 6.45) is 0. The van der Waals surface area contributed by atoms with Crippen molar-refractivity contribution in [3.63, 3.8) is 0 Å². The fraction of sp³-hybridized carbons (Fsp3) is 0.0612. The van der Waals surface area contributed by atoms with Crippen LogP contribution in [-0.2, 0) is 5.41 Å². The summed E-state index contributed by atoms with van der Waals surface area (Å²) in [6, 6.07) is 66.0. The van der Waals surface area contributed by atoms with E-state index in [2.05, 4.69) is 190 Å². The Morgan fingerprint density at radius 2 is 0.880 bits per heavy atom. The molecular formula is C49H36P+. The molecule has 0 nitrogen and oxygen atoms in total. The first-order valence-electron chi connectivity index (χ1n) is 17.6. The predicted molar refractivity (Wildman–Crippen MR) is 217 cm³/mol. The highest BCUT2D eigenvalue weighted by molar-refractivity contribution is 7.79. The zero-order valence-corrected chi connectivity index (χ0v) is 29.2. The van der Waals surface area contributed by atoms with Gasteiger partial charge in [-0.25, -0.2) is 0 Å². The van der Waals surface area contributed by atoms with E-state index < -0.39 is 7.92 Å². The number of fused-ring (bicyclic) bond motifs is 7. The largest absolute Gasteiger partial charge is 0.103 e. The third-order valence-corrected chi connectivity index (χ3v) is 13.8. The fourth-order valence-corrected chi connectivity index (χ4v) is 11.4. The van der Waals surface area contributed by atoms with Crippen molar-refractivity contribution in [1.29, 1.82) is 0 Å². The Morgan fingerprint density at radius 1 is 0.360 bits per heavy atom. The van der Waals surface area contributed by atoms with E-state index in [9.17, 15) is 0 Å². The van der Waals surface area contributed by atoms with Crippen molar-refractivity contribution in [3.05, 3.63) is 187 Å². The molecule has 2 aliphatic rings. The topological polar surface area (TPSA) is 0 Å². The Hall–Kier alpha value is -5.55. The Kier molecular flexibility index (Phi) is 6.61. The lowest BCUT2D eigenvalue weighted by molar-refractivity contribution is 0.661. The summed E-state index contributed by atoms with van der Waals surface area (Å²) < 4.78 is 0. The molecule has 8 aromatic rings. The summed E-state index contributed by atoms with van der Waals surface area (Å²) in [5, 5.41) is 7.01. The lowest BCUT2D eigenvalue weighted by atomic mass is 9.81. The van der Waals surface area contributed by atoms with Crippen molar-refractivity contribution >= 4 is 34.6 Å². The normalized spacial score (nSPS) is 13.3. The van der Waals surface area contributed by atoms with Crippen LogP contribution in [0.3, 0.4) is 0 Å². The maximum absolute atomic E-state index is 2.57. The van der Waals surface area contributed by atoms with Gasteiger partial charge in [0, 0.05) is 5.41 Å². The fourth-order valence-electron chi connectivity index (χ4n) is 8.71. The molecule has 0 aliphatic heterocycles. The molecule has 0 aromatic heterocycles. The van der Waals surface area contributed by atoms with Crippen LogP contribution >= 0.6 is 7.92 Å². The Bertz CT molecular complexity index is 2530. The number of benzene rings is 8. The minimum atomic E-state index is -1.38. The molecule has 8 aromatic carbocycles. The van der Waals surface area contributed by atoms with Crippen molar-refractivity contribution in [1.82, 2.24) is 0 Å². The van der Waals surface area contributed by atoms with Gasteiger partial charge < -0.3 is 0 Å². The van der Waals surface area contributed by atoms with Crippen molar-refractivity contribution in [2.45, 2.75) is 19.3 Å². The highest BCUT2D eigenvalue weighted by Gasteiger charge is 2.40. The Labute approximate surface area is 295 Å². The van der Waals surface area contributed by atoms with Gasteiger partial charge in [0.15, 0.2) is 0 Å². The van der Waals surface area contributed by atoms with Gasteiger partial charge in [0.05, 0.1) is 7.92 Å². The Morgan fingerprint density at radius 3 is 1.52 bits per heavy atom. The van der Waals surface area contributed by atoms with E-state index in [0.29, 0.717) is 0 Å². The van der Waals surface area contributed by atoms with Gasteiger partial charge in [-0.15, -0.1) is 0 Å². The van der Waals surface area contributed by atoms with Crippen molar-refractivity contribution in [3.8, 4) is 55.6 Å². The van der Waals surface area contributed by atoms with Gasteiger partial charge >= 0.3 is 0 Å². The average molecular weight is 656 g/mol. The summed E-state index contributed by atoms with van der Waals surface area (Å²) in [6.45, 7) is 4.87. The van der Waals surface area contributed by atoms with Crippen LogP contribution in [0.5, 0.6) is 0 Å². The third-order valence-electron chi connectivity index (χ3n) is 11.1. The van der Waals surface area contributed by atoms with E-state index in [1.807, 2.05) is 0 Å². The van der Waals surface area contributed by atoms with Gasteiger partial charge in [-0.1, -0.05) is 147 Å². The molecule has 236 valence electrons. The van der Waals surface area contributed by atoms with Crippen molar-refractivity contribution < 1.29 is 0 Å². The molecule has 0 amide bonds. The molecule has 0 saturated heterocycles. The van der Waals surface area contributed by atoms with Crippen LogP contribution in [0.4, 0.5) is 0 Å². The average Bonchev–Trinajstić information content (AvgIpc) is 3.62. The third kappa shape index (κ3) is 4.42. The second kappa shape index (κ2) is 11.2.